The molecule has 3 rings (SSSR count). The van der Waals surface area contributed by atoms with Gasteiger partial charge in [-0.2, -0.15) is 0 Å². The average molecular weight is 243 g/mol. The summed E-state index contributed by atoms with van der Waals surface area (Å²) in [5.41, 5.74) is 1.33. The van der Waals surface area contributed by atoms with Gasteiger partial charge in [0.1, 0.15) is 0 Å². The van der Waals surface area contributed by atoms with Gasteiger partial charge in [0.2, 0.25) is 5.91 Å². The van der Waals surface area contributed by atoms with Crippen molar-refractivity contribution in [3.05, 3.63) is 35.9 Å². The van der Waals surface area contributed by atoms with Gasteiger partial charge in [-0.1, -0.05) is 30.3 Å². The highest BCUT2D eigenvalue weighted by atomic mass is 16.2. The van der Waals surface area contributed by atoms with Crippen LogP contribution in [0.4, 0.5) is 0 Å². The van der Waals surface area contributed by atoms with E-state index in [1.165, 1.54) is 24.8 Å². The minimum Gasteiger partial charge on any atom is -0.340 e. The van der Waals surface area contributed by atoms with Crippen molar-refractivity contribution in [1.29, 1.82) is 0 Å². The SMILES string of the molecule is C[C@H]1CCCCN1C(=O)[C@H]1C[C@@H]1c1ccccc1. The number of carbonyl (C=O) groups is 1. The molecule has 1 saturated carbocycles. The van der Waals surface area contributed by atoms with Crippen molar-refractivity contribution in [3.63, 3.8) is 0 Å². The Balaban J connectivity index is 1.65. The van der Waals surface area contributed by atoms with Gasteiger partial charge in [-0.25, -0.2) is 0 Å². The van der Waals surface area contributed by atoms with Gasteiger partial charge in [0.25, 0.3) is 0 Å². The molecule has 2 fully saturated rings. The van der Waals surface area contributed by atoms with Crippen molar-refractivity contribution in [2.45, 2.75) is 44.6 Å². The smallest absolute Gasteiger partial charge is 0.226 e. The molecule has 3 atom stereocenters. The fourth-order valence-electron chi connectivity index (χ4n) is 3.18. The molecule has 0 aromatic heterocycles. The highest BCUT2D eigenvalue weighted by Gasteiger charge is 2.46. The van der Waals surface area contributed by atoms with Crippen LogP contribution in [0.1, 0.15) is 44.1 Å². The van der Waals surface area contributed by atoms with Crippen molar-refractivity contribution in [1.82, 2.24) is 4.90 Å². The molecule has 18 heavy (non-hydrogen) atoms. The van der Waals surface area contributed by atoms with Crippen LogP contribution in [0.3, 0.4) is 0 Å². The second-order valence-corrected chi connectivity index (χ2v) is 5.74. The quantitative estimate of drug-likeness (QED) is 0.781. The first-order valence-corrected chi connectivity index (χ1v) is 7.13. The summed E-state index contributed by atoms with van der Waals surface area (Å²) < 4.78 is 0. The monoisotopic (exact) mass is 243 g/mol. The van der Waals surface area contributed by atoms with Gasteiger partial charge in [-0.3, -0.25) is 4.79 Å². The number of carbonyl (C=O) groups excluding carboxylic acids is 1. The maximum absolute atomic E-state index is 12.5. The highest BCUT2D eigenvalue weighted by Crippen LogP contribution is 2.48. The Hall–Kier alpha value is -1.31. The molecule has 0 bridgehead atoms. The minimum absolute atomic E-state index is 0.257. The van der Waals surface area contributed by atoms with E-state index in [1.807, 2.05) is 6.07 Å². The Morgan fingerprint density at radius 3 is 2.72 bits per heavy atom. The van der Waals surface area contributed by atoms with Gasteiger partial charge in [0, 0.05) is 18.5 Å². The molecule has 0 spiro atoms. The molecule has 2 nitrogen and oxygen atoms in total. The molecule has 1 amide bonds. The molecule has 2 aliphatic rings. The van der Waals surface area contributed by atoms with E-state index in [2.05, 4.69) is 36.1 Å². The molecule has 1 aliphatic carbocycles. The van der Waals surface area contributed by atoms with Crippen molar-refractivity contribution in [2.75, 3.05) is 6.54 Å². The van der Waals surface area contributed by atoms with Gasteiger partial charge >= 0.3 is 0 Å². The van der Waals surface area contributed by atoms with Gasteiger partial charge in [0.15, 0.2) is 0 Å². The molecule has 1 saturated heterocycles. The maximum Gasteiger partial charge on any atom is 0.226 e. The molecule has 1 aromatic rings. The van der Waals surface area contributed by atoms with Crippen LogP contribution in [-0.4, -0.2) is 23.4 Å². The zero-order chi connectivity index (χ0) is 12.5. The van der Waals surface area contributed by atoms with E-state index in [1.54, 1.807) is 0 Å². The molecule has 96 valence electrons. The van der Waals surface area contributed by atoms with Crippen molar-refractivity contribution in [2.24, 2.45) is 5.92 Å². The third kappa shape index (κ3) is 2.16. The first-order chi connectivity index (χ1) is 8.77. The van der Waals surface area contributed by atoms with Crippen LogP contribution in [0.2, 0.25) is 0 Å². The van der Waals surface area contributed by atoms with Crippen LogP contribution in [0.5, 0.6) is 0 Å². The Labute approximate surface area is 109 Å². The first kappa shape index (κ1) is 11.8. The number of benzene rings is 1. The van der Waals surface area contributed by atoms with E-state index in [0.717, 1.165) is 13.0 Å². The Bertz CT molecular complexity index is 428. The molecule has 2 heteroatoms. The lowest BCUT2D eigenvalue weighted by Crippen LogP contribution is -2.43. The van der Waals surface area contributed by atoms with Crippen LogP contribution in [-0.2, 0) is 4.79 Å². The van der Waals surface area contributed by atoms with Crippen LogP contribution in [0.25, 0.3) is 0 Å². The Morgan fingerprint density at radius 2 is 2.00 bits per heavy atom. The normalized spacial score (nSPS) is 31.2. The molecule has 1 aromatic carbocycles. The largest absolute Gasteiger partial charge is 0.340 e. The van der Waals surface area contributed by atoms with Crippen LogP contribution < -0.4 is 0 Å². The second-order valence-electron chi connectivity index (χ2n) is 5.74. The molecular formula is C16H21NO. The number of rotatable bonds is 2. The fourth-order valence-corrected chi connectivity index (χ4v) is 3.18. The van der Waals surface area contributed by atoms with Gasteiger partial charge in [0.05, 0.1) is 0 Å². The van der Waals surface area contributed by atoms with E-state index in [0.29, 0.717) is 17.9 Å². The van der Waals surface area contributed by atoms with Crippen LogP contribution in [0.15, 0.2) is 30.3 Å². The number of nitrogens with zero attached hydrogens (tertiary/aromatic N) is 1. The Kier molecular flexibility index (Phi) is 3.11. The fraction of sp³-hybridized carbons (Fsp3) is 0.562. The predicted octanol–water partition coefficient (Wildman–Crippen LogP) is 3.19. The number of hydrogen-bond acceptors (Lipinski definition) is 1. The van der Waals surface area contributed by atoms with E-state index in [9.17, 15) is 4.79 Å². The third-order valence-corrected chi connectivity index (χ3v) is 4.42. The lowest BCUT2D eigenvalue weighted by Gasteiger charge is -2.33. The van der Waals surface area contributed by atoms with E-state index in [4.69, 9.17) is 0 Å². The van der Waals surface area contributed by atoms with Gasteiger partial charge in [-0.15, -0.1) is 0 Å². The van der Waals surface area contributed by atoms with E-state index < -0.39 is 0 Å². The van der Waals surface area contributed by atoms with E-state index in [-0.39, 0.29) is 5.92 Å². The van der Waals surface area contributed by atoms with Gasteiger partial charge < -0.3 is 4.90 Å². The predicted molar refractivity (Wildman–Crippen MR) is 72.3 cm³/mol. The zero-order valence-electron chi connectivity index (χ0n) is 11.0. The van der Waals surface area contributed by atoms with Crippen LogP contribution >= 0.6 is 0 Å². The molecule has 0 N–H and O–H groups in total. The summed E-state index contributed by atoms with van der Waals surface area (Å²) in [6.45, 7) is 3.16. The molecular weight excluding hydrogens is 222 g/mol. The lowest BCUT2D eigenvalue weighted by atomic mass is 10.0. The number of hydrogen-bond donors (Lipinski definition) is 0. The van der Waals surface area contributed by atoms with Crippen molar-refractivity contribution in [3.8, 4) is 0 Å². The van der Waals surface area contributed by atoms with Gasteiger partial charge in [-0.05, 0) is 44.1 Å². The topological polar surface area (TPSA) is 20.3 Å². The molecule has 0 radical (unpaired) electrons. The zero-order valence-corrected chi connectivity index (χ0v) is 11.0. The van der Waals surface area contributed by atoms with E-state index >= 15 is 0 Å². The third-order valence-electron chi connectivity index (χ3n) is 4.42. The summed E-state index contributed by atoms with van der Waals surface area (Å²) in [4.78, 5) is 14.6. The molecule has 0 unspecified atom stereocenters. The summed E-state index contributed by atoms with van der Waals surface area (Å²) >= 11 is 0. The van der Waals surface area contributed by atoms with Crippen molar-refractivity contribution >= 4 is 5.91 Å². The second kappa shape index (κ2) is 4.75. The highest BCUT2D eigenvalue weighted by molar-refractivity contribution is 5.83. The van der Waals surface area contributed by atoms with Crippen molar-refractivity contribution < 1.29 is 4.79 Å². The number of likely N-dealkylation sites (tertiary alicyclic amines) is 1. The number of piperidine rings is 1. The standard InChI is InChI=1S/C16H21NO/c1-12-7-5-6-10-17(12)16(18)15-11-14(15)13-8-3-2-4-9-13/h2-4,8-9,12,14-15H,5-7,10-11H2,1H3/t12-,14+,15-/m0/s1. The first-order valence-electron chi connectivity index (χ1n) is 7.13. The minimum atomic E-state index is 0.257. The summed E-state index contributed by atoms with van der Waals surface area (Å²) in [7, 11) is 0. The van der Waals surface area contributed by atoms with Crippen LogP contribution in [0, 0.1) is 5.92 Å². The summed E-state index contributed by atoms with van der Waals surface area (Å²) in [5, 5.41) is 0. The summed E-state index contributed by atoms with van der Waals surface area (Å²) in [6.07, 6.45) is 4.68. The summed E-state index contributed by atoms with van der Waals surface area (Å²) in [6, 6.07) is 10.9. The Morgan fingerprint density at radius 1 is 1.22 bits per heavy atom. The maximum atomic E-state index is 12.5. The number of amides is 1. The lowest BCUT2D eigenvalue weighted by molar-refractivity contribution is -0.135. The molecule has 1 heterocycles. The summed E-state index contributed by atoms with van der Waals surface area (Å²) in [5.74, 6) is 1.14. The molecule has 1 aliphatic heterocycles. The average Bonchev–Trinajstić information content (AvgIpc) is 3.20.